The lowest BCUT2D eigenvalue weighted by atomic mass is 10.1. The molecule has 0 fully saturated rings. The van der Waals surface area contributed by atoms with Crippen molar-refractivity contribution in [3.8, 4) is 11.5 Å². The van der Waals surface area contributed by atoms with Crippen molar-refractivity contribution < 1.29 is 9.47 Å². The zero-order valence-corrected chi connectivity index (χ0v) is 12.5. The van der Waals surface area contributed by atoms with Crippen LogP contribution in [-0.4, -0.2) is 27.2 Å². The first-order valence-corrected chi connectivity index (χ1v) is 7.44. The van der Waals surface area contributed by atoms with Crippen molar-refractivity contribution in [1.29, 1.82) is 0 Å². The Labute approximate surface area is 132 Å². The monoisotopic (exact) mass is 309 g/mol. The van der Waals surface area contributed by atoms with Gasteiger partial charge in [-0.25, -0.2) is 9.97 Å². The van der Waals surface area contributed by atoms with Crippen LogP contribution in [0.4, 0.5) is 0 Å². The van der Waals surface area contributed by atoms with Crippen LogP contribution >= 0.6 is 0 Å². The van der Waals surface area contributed by atoms with Crippen LogP contribution in [0.25, 0.3) is 11.0 Å². The van der Waals surface area contributed by atoms with Gasteiger partial charge < -0.3 is 9.47 Å². The third kappa shape index (κ3) is 2.32. The van der Waals surface area contributed by atoms with E-state index >= 15 is 0 Å². The van der Waals surface area contributed by atoms with Gasteiger partial charge in [-0.1, -0.05) is 12.1 Å². The molecule has 4 rings (SSSR count). The van der Waals surface area contributed by atoms with Gasteiger partial charge in [0, 0.05) is 6.20 Å². The molecule has 2 aromatic heterocycles. The van der Waals surface area contributed by atoms with Gasteiger partial charge >= 0.3 is 0 Å². The molecule has 0 amide bonds. The third-order valence-electron chi connectivity index (χ3n) is 4.05. The Kier molecular flexibility index (Phi) is 3.22. The Morgan fingerprint density at radius 1 is 1.17 bits per heavy atom. The minimum Gasteiger partial charge on any atom is -0.486 e. The zero-order valence-electron chi connectivity index (χ0n) is 12.5. The molecule has 0 spiro atoms. The summed E-state index contributed by atoms with van der Waals surface area (Å²) >= 11 is 0. The fourth-order valence-corrected chi connectivity index (χ4v) is 2.71. The van der Waals surface area contributed by atoms with Crippen LogP contribution in [0.5, 0.6) is 11.5 Å². The van der Waals surface area contributed by atoms with Crippen LogP contribution in [0.3, 0.4) is 0 Å². The smallest absolute Gasteiger partial charge is 0.280 e. The second-order valence-electron chi connectivity index (χ2n) is 5.48. The molecular formula is C17H15N3O3. The van der Waals surface area contributed by atoms with Gasteiger partial charge in [-0.05, 0) is 31.2 Å². The first-order chi connectivity index (χ1) is 11.2. The standard InChI is InChI=1S/C17H15N3O3/c1-11(15-9-22-13-6-2-3-7-14(13)23-15)20-10-19-12-5-4-8-18-16(12)17(20)21/h2-8,10-11,15H,9H2,1H3/t11-,15+/m0/s1. The molecule has 3 aromatic rings. The maximum atomic E-state index is 12.6. The lowest BCUT2D eigenvalue weighted by Gasteiger charge is -2.31. The van der Waals surface area contributed by atoms with E-state index in [4.69, 9.17) is 9.47 Å². The van der Waals surface area contributed by atoms with Crippen molar-refractivity contribution in [1.82, 2.24) is 14.5 Å². The van der Waals surface area contributed by atoms with Crippen LogP contribution < -0.4 is 15.0 Å². The average Bonchev–Trinajstić information content (AvgIpc) is 2.61. The van der Waals surface area contributed by atoms with Gasteiger partial charge in [0.15, 0.2) is 23.1 Å². The predicted molar refractivity (Wildman–Crippen MR) is 84.9 cm³/mol. The van der Waals surface area contributed by atoms with E-state index in [0.29, 0.717) is 23.4 Å². The summed E-state index contributed by atoms with van der Waals surface area (Å²) in [5.41, 5.74) is 0.775. The summed E-state index contributed by atoms with van der Waals surface area (Å²) in [6.07, 6.45) is 2.86. The number of para-hydroxylation sites is 2. The van der Waals surface area contributed by atoms with E-state index < -0.39 is 0 Å². The summed E-state index contributed by atoms with van der Waals surface area (Å²) in [7, 11) is 0. The summed E-state index contributed by atoms with van der Waals surface area (Å²) in [5, 5.41) is 0. The van der Waals surface area contributed by atoms with Crippen molar-refractivity contribution >= 4 is 11.0 Å². The van der Waals surface area contributed by atoms with Crippen molar-refractivity contribution in [2.75, 3.05) is 6.61 Å². The van der Waals surface area contributed by atoms with Crippen molar-refractivity contribution in [2.24, 2.45) is 0 Å². The van der Waals surface area contributed by atoms with Gasteiger partial charge in [-0.2, -0.15) is 0 Å². The zero-order chi connectivity index (χ0) is 15.8. The minimum atomic E-state index is -0.273. The van der Waals surface area contributed by atoms with Gasteiger partial charge in [0.1, 0.15) is 6.61 Å². The fourth-order valence-electron chi connectivity index (χ4n) is 2.71. The summed E-state index contributed by atoms with van der Waals surface area (Å²) in [5.74, 6) is 1.41. The molecule has 0 aliphatic carbocycles. The second-order valence-corrected chi connectivity index (χ2v) is 5.48. The van der Waals surface area contributed by atoms with E-state index in [0.717, 1.165) is 5.75 Å². The summed E-state index contributed by atoms with van der Waals surface area (Å²) in [6, 6.07) is 10.8. The van der Waals surface area contributed by atoms with Gasteiger partial charge in [-0.15, -0.1) is 0 Å². The number of rotatable bonds is 2. The highest BCUT2D eigenvalue weighted by Crippen LogP contribution is 2.33. The molecule has 3 heterocycles. The number of hydrogen-bond acceptors (Lipinski definition) is 5. The van der Waals surface area contributed by atoms with E-state index in [1.54, 1.807) is 29.2 Å². The third-order valence-corrected chi connectivity index (χ3v) is 4.05. The largest absolute Gasteiger partial charge is 0.486 e. The Morgan fingerprint density at radius 3 is 2.87 bits per heavy atom. The highest BCUT2D eigenvalue weighted by atomic mass is 16.6. The van der Waals surface area contributed by atoms with Crippen molar-refractivity contribution in [3.63, 3.8) is 0 Å². The molecule has 0 bridgehead atoms. The Morgan fingerprint density at radius 2 is 2.00 bits per heavy atom. The van der Waals surface area contributed by atoms with Crippen LogP contribution in [0.15, 0.2) is 53.7 Å². The number of ether oxygens (including phenoxy) is 2. The molecule has 0 unspecified atom stereocenters. The molecule has 6 nitrogen and oxygen atoms in total. The molecule has 0 saturated carbocycles. The van der Waals surface area contributed by atoms with Crippen LogP contribution in [-0.2, 0) is 0 Å². The maximum Gasteiger partial charge on any atom is 0.280 e. The van der Waals surface area contributed by atoms with E-state index in [-0.39, 0.29) is 17.7 Å². The van der Waals surface area contributed by atoms with Gasteiger partial charge in [0.05, 0.1) is 17.9 Å². The number of hydrogen-bond donors (Lipinski definition) is 0. The molecule has 6 heteroatoms. The SMILES string of the molecule is C[C@@H]([C@H]1COc2ccccc2O1)n1cnc2cccnc2c1=O. The molecule has 1 aliphatic rings. The van der Waals surface area contributed by atoms with Crippen molar-refractivity contribution in [3.05, 3.63) is 59.3 Å². The van der Waals surface area contributed by atoms with E-state index in [9.17, 15) is 4.79 Å². The quantitative estimate of drug-likeness (QED) is 0.726. The molecule has 1 aromatic carbocycles. The molecule has 0 N–H and O–H groups in total. The minimum absolute atomic E-state index is 0.175. The van der Waals surface area contributed by atoms with Crippen LogP contribution in [0.1, 0.15) is 13.0 Å². The molecule has 116 valence electrons. The maximum absolute atomic E-state index is 12.6. The Hall–Kier alpha value is -2.89. The van der Waals surface area contributed by atoms with E-state index in [1.165, 1.54) is 0 Å². The molecule has 23 heavy (non-hydrogen) atoms. The number of nitrogens with zero attached hydrogens (tertiary/aromatic N) is 3. The fraction of sp³-hybridized carbons (Fsp3) is 0.235. The summed E-state index contributed by atoms with van der Waals surface area (Å²) in [6.45, 7) is 2.30. The molecule has 2 atom stereocenters. The van der Waals surface area contributed by atoms with E-state index in [1.807, 2.05) is 31.2 Å². The Balaban J connectivity index is 1.69. The summed E-state index contributed by atoms with van der Waals surface area (Å²) in [4.78, 5) is 21.1. The average molecular weight is 309 g/mol. The van der Waals surface area contributed by atoms with Gasteiger partial charge in [0.25, 0.3) is 5.56 Å². The molecule has 1 aliphatic heterocycles. The topological polar surface area (TPSA) is 66.2 Å². The highest BCUT2D eigenvalue weighted by Gasteiger charge is 2.28. The lowest BCUT2D eigenvalue weighted by molar-refractivity contribution is 0.0559. The first kappa shape index (κ1) is 13.8. The number of benzene rings is 1. The van der Waals surface area contributed by atoms with Crippen LogP contribution in [0.2, 0.25) is 0 Å². The van der Waals surface area contributed by atoms with Gasteiger partial charge in [-0.3, -0.25) is 9.36 Å². The second kappa shape index (κ2) is 5.39. The first-order valence-electron chi connectivity index (χ1n) is 7.44. The Bertz CT molecular complexity index is 922. The number of pyridine rings is 1. The normalized spacial score (nSPS) is 17.9. The number of fused-ring (bicyclic) bond motifs is 2. The molecule has 0 saturated heterocycles. The molecular weight excluding hydrogens is 294 g/mol. The van der Waals surface area contributed by atoms with Gasteiger partial charge in [0.2, 0.25) is 0 Å². The highest BCUT2D eigenvalue weighted by molar-refractivity contribution is 5.71. The van der Waals surface area contributed by atoms with Crippen LogP contribution in [0, 0.1) is 0 Å². The van der Waals surface area contributed by atoms with Crippen molar-refractivity contribution in [2.45, 2.75) is 19.1 Å². The summed E-state index contributed by atoms with van der Waals surface area (Å²) < 4.78 is 13.3. The molecule has 0 radical (unpaired) electrons. The van der Waals surface area contributed by atoms with E-state index in [2.05, 4.69) is 9.97 Å². The lowest BCUT2D eigenvalue weighted by Crippen LogP contribution is -2.40. The number of aromatic nitrogens is 3. The predicted octanol–water partition coefficient (Wildman–Crippen LogP) is 2.19.